The second-order valence-electron chi connectivity index (χ2n) is 7.50. The quantitative estimate of drug-likeness (QED) is 0.845. The molecule has 0 spiro atoms. The van der Waals surface area contributed by atoms with Gasteiger partial charge in [0.1, 0.15) is 11.4 Å². The number of carbonyl (C=O) groups excluding carboxylic acids is 1. The Morgan fingerprint density at radius 3 is 2.70 bits per heavy atom. The standard InChI is InChI=1S/C15H27N3O2/c1-14(2,3)20-13(19)18-7-6-16-12(10-18)17-9-11-8-15(11,4)5/h11H,6-10H2,1-5H3,(H,16,17). The predicted octanol–water partition coefficient (Wildman–Crippen LogP) is 2.27. The van der Waals surface area contributed by atoms with Crippen molar-refractivity contribution in [3.63, 3.8) is 0 Å². The Balaban J connectivity index is 1.79. The highest BCUT2D eigenvalue weighted by atomic mass is 16.6. The van der Waals surface area contributed by atoms with E-state index in [-0.39, 0.29) is 6.09 Å². The molecule has 0 bridgehead atoms. The van der Waals surface area contributed by atoms with Crippen molar-refractivity contribution in [3.8, 4) is 0 Å². The van der Waals surface area contributed by atoms with E-state index in [1.165, 1.54) is 6.42 Å². The summed E-state index contributed by atoms with van der Waals surface area (Å²) >= 11 is 0. The highest BCUT2D eigenvalue weighted by Crippen LogP contribution is 2.50. The minimum atomic E-state index is -0.447. The molecule has 1 N–H and O–H groups in total. The lowest BCUT2D eigenvalue weighted by Crippen LogP contribution is -2.47. The number of aliphatic imine (C=N–C) groups is 1. The van der Waals surface area contributed by atoms with Crippen molar-refractivity contribution in [2.24, 2.45) is 16.3 Å². The van der Waals surface area contributed by atoms with Crippen molar-refractivity contribution in [3.05, 3.63) is 0 Å². The van der Waals surface area contributed by atoms with E-state index < -0.39 is 5.60 Å². The molecule has 1 saturated carbocycles. The Morgan fingerprint density at radius 2 is 2.15 bits per heavy atom. The van der Waals surface area contributed by atoms with Crippen LogP contribution >= 0.6 is 0 Å². The third-order valence-electron chi connectivity index (χ3n) is 3.93. The number of nitrogens with one attached hydrogen (secondary N) is 1. The van der Waals surface area contributed by atoms with Gasteiger partial charge in [0, 0.05) is 13.1 Å². The summed E-state index contributed by atoms with van der Waals surface area (Å²) in [5.74, 6) is 1.63. The van der Waals surface area contributed by atoms with Crippen LogP contribution in [0.4, 0.5) is 4.79 Å². The fourth-order valence-corrected chi connectivity index (χ4v) is 2.38. The van der Waals surface area contributed by atoms with Gasteiger partial charge in [-0.1, -0.05) is 13.8 Å². The molecule has 0 saturated heterocycles. The van der Waals surface area contributed by atoms with Crippen LogP contribution in [0.25, 0.3) is 0 Å². The minimum absolute atomic E-state index is 0.251. The molecule has 5 nitrogen and oxygen atoms in total. The Hall–Kier alpha value is -1.26. The number of amidine groups is 1. The number of nitrogens with zero attached hydrogens (tertiary/aromatic N) is 2. The maximum atomic E-state index is 12.0. The molecule has 1 aliphatic heterocycles. The van der Waals surface area contributed by atoms with Crippen LogP contribution in [-0.4, -0.2) is 48.6 Å². The summed E-state index contributed by atoms with van der Waals surface area (Å²) in [6, 6.07) is 0. The summed E-state index contributed by atoms with van der Waals surface area (Å²) < 4.78 is 5.40. The fourth-order valence-electron chi connectivity index (χ4n) is 2.38. The monoisotopic (exact) mass is 281 g/mol. The van der Waals surface area contributed by atoms with Crippen molar-refractivity contribution in [1.29, 1.82) is 0 Å². The van der Waals surface area contributed by atoms with Gasteiger partial charge in [0.2, 0.25) is 0 Å². The summed E-state index contributed by atoms with van der Waals surface area (Å²) in [7, 11) is 0. The zero-order valence-corrected chi connectivity index (χ0v) is 13.3. The second-order valence-corrected chi connectivity index (χ2v) is 7.50. The van der Waals surface area contributed by atoms with Crippen LogP contribution in [0.5, 0.6) is 0 Å². The first-order chi connectivity index (χ1) is 9.17. The summed E-state index contributed by atoms with van der Waals surface area (Å²) in [6.45, 7) is 13.0. The van der Waals surface area contributed by atoms with E-state index in [2.05, 4.69) is 24.2 Å². The van der Waals surface area contributed by atoms with Crippen LogP contribution in [-0.2, 0) is 4.74 Å². The lowest BCUT2D eigenvalue weighted by molar-refractivity contribution is 0.0276. The van der Waals surface area contributed by atoms with Gasteiger partial charge in [-0.25, -0.2) is 4.79 Å². The molecule has 1 amide bonds. The Bertz CT molecular complexity index is 410. The van der Waals surface area contributed by atoms with Crippen LogP contribution in [0.2, 0.25) is 0 Å². The molecule has 1 heterocycles. The van der Waals surface area contributed by atoms with Crippen LogP contribution in [0.3, 0.4) is 0 Å². The van der Waals surface area contributed by atoms with Gasteiger partial charge >= 0.3 is 6.09 Å². The van der Waals surface area contributed by atoms with Crippen LogP contribution < -0.4 is 5.32 Å². The third-order valence-corrected chi connectivity index (χ3v) is 3.93. The number of rotatable bonds is 2. The minimum Gasteiger partial charge on any atom is -0.444 e. The summed E-state index contributed by atoms with van der Waals surface area (Å²) in [5.41, 5.74) is 0.0182. The van der Waals surface area contributed by atoms with Gasteiger partial charge < -0.3 is 10.1 Å². The van der Waals surface area contributed by atoms with E-state index in [0.29, 0.717) is 25.0 Å². The molecular weight excluding hydrogens is 254 g/mol. The van der Waals surface area contributed by atoms with E-state index in [9.17, 15) is 4.79 Å². The van der Waals surface area contributed by atoms with Gasteiger partial charge in [-0.2, -0.15) is 0 Å². The summed E-state index contributed by atoms with van der Waals surface area (Å²) in [6.07, 6.45) is 1.02. The van der Waals surface area contributed by atoms with E-state index in [4.69, 9.17) is 4.74 Å². The number of ether oxygens (including phenoxy) is 1. The molecule has 0 aromatic rings. The lowest BCUT2D eigenvalue weighted by Gasteiger charge is -2.30. The third kappa shape index (κ3) is 4.12. The van der Waals surface area contributed by atoms with Gasteiger partial charge in [0.15, 0.2) is 0 Å². The number of hydrogen-bond acceptors (Lipinski definition) is 4. The summed E-state index contributed by atoms with van der Waals surface area (Å²) in [5, 5.41) is 3.39. The van der Waals surface area contributed by atoms with Crippen LogP contribution in [0.1, 0.15) is 41.0 Å². The maximum Gasteiger partial charge on any atom is 0.410 e. The molecule has 1 aliphatic carbocycles. The Morgan fingerprint density at radius 1 is 1.50 bits per heavy atom. The second kappa shape index (κ2) is 5.26. The molecule has 114 valence electrons. The highest BCUT2D eigenvalue weighted by Gasteiger charge is 2.45. The summed E-state index contributed by atoms with van der Waals surface area (Å²) in [4.78, 5) is 18.2. The highest BCUT2D eigenvalue weighted by molar-refractivity contribution is 5.87. The molecule has 2 aliphatic rings. The zero-order valence-electron chi connectivity index (χ0n) is 13.3. The van der Waals surface area contributed by atoms with Crippen molar-refractivity contribution >= 4 is 11.9 Å². The van der Waals surface area contributed by atoms with Gasteiger partial charge in [-0.15, -0.1) is 0 Å². The molecule has 20 heavy (non-hydrogen) atoms. The molecule has 1 atom stereocenters. The van der Waals surface area contributed by atoms with Crippen molar-refractivity contribution < 1.29 is 9.53 Å². The van der Waals surface area contributed by atoms with Crippen molar-refractivity contribution in [2.75, 3.05) is 26.2 Å². The normalized spacial score (nSPS) is 24.9. The van der Waals surface area contributed by atoms with Gasteiger partial charge in [0.05, 0.1) is 13.1 Å². The van der Waals surface area contributed by atoms with E-state index in [1.807, 2.05) is 20.8 Å². The first-order valence-electron chi connectivity index (χ1n) is 7.42. The lowest BCUT2D eigenvalue weighted by atomic mass is 10.1. The largest absolute Gasteiger partial charge is 0.444 e. The molecule has 1 fully saturated rings. The molecule has 1 unspecified atom stereocenters. The average molecular weight is 281 g/mol. The fraction of sp³-hybridized carbons (Fsp3) is 0.867. The van der Waals surface area contributed by atoms with E-state index >= 15 is 0 Å². The topological polar surface area (TPSA) is 53.9 Å². The molecule has 0 aromatic heterocycles. The molecular formula is C15H27N3O2. The zero-order chi connectivity index (χ0) is 15.0. The SMILES string of the molecule is CC(C)(C)OC(=O)N1CCN=C(NCC2CC2(C)C)C1. The van der Waals surface area contributed by atoms with E-state index in [1.54, 1.807) is 4.90 Å². The van der Waals surface area contributed by atoms with Crippen LogP contribution in [0, 0.1) is 11.3 Å². The van der Waals surface area contributed by atoms with Crippen LogP contribution in [0.15, 0.2) is 4.99 Å². The Labute approximate surface area is 121 Å². The number of hydrogen-bond donors (Lipinski definition) is 1. The molecule has 5 heteroatoms. The Kier molecular flexibility index (Phi) is 3.98. The first-order valence-corrected chi connectivity index (χ1v) is 7.42. The number of carbonyl (C=O) groups is 1. The average Bonchev–Trinajstić information content (AvgIpc) is 2.93. The maximum absolute atomic E-state index is 12.0. The van der Waals surface area contributed by atoms with Gasteiger partial charge in [-0.05, 0) is 38.5 Å². The number of amides is 1. The van der Waals surface area contributed by atoms with Crippen molar-refractivity contribution in [2.45, 2.75) is 46.6 Å². The molecule has 2 rings (SSSR count). The van der Waals surface area contributed by atoms with Gasteiger partial charge in [-0.3, -0.25) is 9.89 Å². The molecule has 0 radical (unpaired) electrons. The smallest absolute Gasteiger partial charge is 0.410 e. The molecule has 0 aromatic carbocycles. The first kappa shape index (κ1) is 15.1. The van der Waals surface area contributed by atoms with Gasteiger partial charge in [0.25, 0.3) is 0 Å². The van der Waals surface area contributed by atoms with E-state index in [0.717, 1.165) is 18.3 Å². The van der Waals surface area contributed by atoms with Crippen molar-refractivity contribution in [1.82, 2.24) is 10.2 Å². The predicted molar refractivity (Wildman–Crippen MR) is 80.0 cm³/mol.